The lowest BCUT2D eigenvalue weighted by molar-refractivity contribution is -0.130. The lowest BCUT2D eigenvalue weighted by atomic mass is 9.92. The molecule has 2 unspecified atom stereocenters. The molecule has 1 aliphatic heterocycles. The van der Waals surface area contributed by atoms with E-state index in [4.69, 9.17) is 4.74 Å². The second-order valence-electron chi connectivity index (χ2n) is 8.05. The number of fused-ring (bicyclic) bond motifs is 1. The van der Waals surface area contributed by atoms with Gasteiger partial charge in [-0.15, -0.1) is 11.8 Å². The summed E-state index contributed by atoms with van der Waals surface area (Å²) in [4.78, 5) is 28.0. The van der Waals surface area contributed by atoms with Crippen LogP contribution in [0.1, 0.15) is 52.7 Å². The number of amides is 1. The van der Waals surface area contributed by atoms with Crippen LogP contribution in [-0.4, -0.2) is 35.2 Å². The fraction of sp³-hybridized carbons (Fsp3) is 0.360. The molecule has 1 aliphatic carbocycles. The molecule has 5 heteroatoms. The van der Waals surface area contributed by atoms with Crippen LogP contribution < -0.4 is 0 Å². The first kappa shape index (κ1) is 20.7. The molecule has 4 nitrogen and oxygen atoms in total. The summed E-state index contributed by atoms with van der Waals surface area (Å²) in [7, 11) is 1.37. The smallest absolute Gasteiger partial charge is 0.337 e. The maximum Gasteiger partial charge on any atom is 0.337 e. The SMILES string of the molecule is COC(=O)c1ccc(/C=C2/SC3CCCCC3N(Cc3cccc(C)c3)C2=O)cc1. The highest BCUT2D eigenvalue weighted by molar-refractivity contribution is 8.04. The average Bonchev–Trinajstić information content (AvgIpc) is 2.76. The summed E-state index contributed by atoms with van der Waals surface area (Å²) in [6, 6.07) is 15.9. The van der Waals surface area contributed by atoms with Crippen LogP contribution >= 0.6 is 11.8 Å². The van der Waals surface area contributed by atoms with Crippen LogP contribution in [0, 0.1) is 6.92 Å². The predicted molar refractivity (Wildman–Crippen MR) is 121 cm³/mol. The predicted octanol–water partition coefficient (Wildman–Crippen LogP) is 5.21. The number of carbonyl (C=O) groups is 2. The number of hydrogen-bond donors (Lipinski definition) is 0. The zero-order valence-corrected chi connectivity index (χ0v) is 18.3. The molecule has 1 saturated heterocycles. The zero-order chi connectivity index (χ0) is 21.1. The van der Waals surface area contributed by atoms with Crippen molar-refractivity contribution >= 4 is 29.7 Å². The van der Waals surface area contributed by atoms with Crippen LogP contribution in [0.4, 0.5) is 0 Å². The molecule has 1 heterocycles. The van der Waals surface area contributed by atoms with Gasteiger partial charge in [0.25, 0.3) is 5.91 Å². The highest BCUT2D eigenvalue weighted by atomic mass is 32.2. The van der Waals surface area contributed by atoms with Crippen LogP contribution in [-0.2, 0) is 16.1 Å². The molecule has 0 radical (unpaired) electrons. The van der Waals surface area contributed by atoms with Crippen molar-refractivity contribution in [2.45, 2.75) is 50.4 Å². The Labute approximate surface area is 182 Å². The van der Waals surface area contributed by atoms with Gasteiger partial charge in [-0.1, -0.05) is 54.8 Å². The first-order valence-corrected chi connectivity index (χ1v) is 11.4. The second kappa shape index (κ2) is 9.09. The van der Waals surface area contributed by atoms with Gasteiger partial charge in [0.15, 0.2) is 0 Å². The van der Waals surface area contributed by atoms with Crippen LogP contribution in [0.3, 0.4) is 0 Å². The maximum absolute atomic E-state index is 13.5. The normalized spacial score (nSPS) is 22.7. The summed E-state index contributed by atoms with van der Waals surface area (Å²) < 4.78 is 4.76. The van der Waals surface area contributed by atoms with Gasteiger partial charge in [-0.3, -0.25) is 4.79 Å². The van der Waals surface area contributed by atoms with E-state index >= 15 is 0 Å². The number of esters is 1. The average molecular weight is 422 g/mol. The quantitative estimate of drug-likeness (QED) is 0.502. The molecule has 0 bridgehead atoms. The van der Waals surface area contributed by atoms with Gasteiger partial charge in [-0.25, -0.2) is 4.79 Å². The number of aryl methyl sites for hydroxylation is 1. The Morgan fingerprint density at radius 1 is 1.17 bits per heavy atom. The Bertz CT molecular complexity index is 967. The molecule has 30 heavy (non-hydrogen) atoms. The zero-order valence-electron chi connectivity index (χ0n) is 17.5. The lowest BCUT2D eigenvalue weighted by Crippen LogP contribution is -2.50. The van der Waals surface area contributed by atoms with Crippen molar-refractivity contribution in [2.75, 3.05) is 7.11 Å². The highest BCUT2D eigenvalue weighted by Crippen LogP contribution is 2.42. The van der Waals surface area contributed by atoms with Crippen molar-refractivity contribution in [3.63, 3.8) is 0 Å². The number of ether oxygens (including phenoxy) is 1. The number of methoxy groups -OCH3 is 1. The van der Waals surface area contributed by atoms with E-state index in [0.29, 0.717) is 23.4 Å². The molecule has 2 atom stereocenters. The molecule has 2 aromatic carbocycles. The molecule has 1 amide bonds. The molecule has 0 aromatic heterocycles. The van der Waals surface area contributed by atoms with Gasteiger partial charge in [0.2, 0.25) is 0 Å². The third kappa shape index (κ3) is 4.46. The molecule has 2 fully saturated rings. The number of benzene rings is 2. The van der Waals surface area contributed by atoms with Gasteiger partial charge < -0.3 is 9.64 Å². The number of hydrogen-bond acceptors (Lipinski definition) is 4. The van der Waals surface area contributed by atoms with E-state index in [9.17, 15) is 9.59 Å². The Hall–Kier alpha value is -2.53. The highest BCUT2D eigenvalue weighted by Gasteiger charge is 2.40. The van der Waals surface area contributed by atoms with Gasteiger partial charge in [0.05, 0.1) is 17.6 Å². The summed E-state index contributed by atoms with van der Waals surface area (Å²) in [5.74, 6) is -0.242. The van der Waals surface area contributed by atoms with E-state index < -0.39 is 0 Å². The molecule has 4 rings (SSSR count). The number of carbonyl (C=O) groups excluding carboxylic acids is 2. The van der Waals surface area contributed by atoms with Crippen molar-refractivity contribution in [1.29, 1.82) is 0 Å². The molecular formula is C25H27NO3S. The summed E-state index contributed by atoms with van der Waals surface area (Å²) in [6.07, 6.45) is 6.60. The van der Waals surface area contributed by atoms with Crippen molar-refractivity contribution < 1.29 is 14.3 Å². The van der Waals surface area contributed by atoms with Crippen molar-refractivity contribution in [1.82, 2.24) is 4.90 Å². The standard InChI is InChI=1S/C25H27NO3S/c1-17-6-5-7-19(14-17)16-26-21-8-3-4-9-22(21)30-23(24(26)27)15-18-10-12-20(13-11-18)25(28)29-2/h5-7,10-15,21-22H,3-4,8-9,16H2,1-2H3/b23-15+. The molecule has 2 aliphatic rings. The molecule has 0 N–H and O–H groups in total. The largest absolute Gasteiger partial charge is 0.465 e. The number of nitrogens with zero attached hydrogens (tertiary/aromatic N) is 1. The lowest BCUT2D eigenvalue weighted by Gasteiger charge is -2.44. The summed E-state index contributed by atoms with van der Waals surface area (Å²) >= 11 is 1.73. The minimum atomic E-state index is -0.355. The second-order valence-corrected chi connectivity index (χ2v) is 9.33. The molecular weight excluding hydrogens is 394 g/mol. The maximum atomic E-state index is 13.5. The Morgan fingerprint density at radius 3 is 2.67 bits per heavy atom. The van der Waals surface area contributed by atoms with Crippen LogP contribution in [0.15, 0.2) is 53.4 Å². The van der Waals surface area contributed by atoms with E-state index in [-0.39, 0.29) is 11.9 Å². The van der Waals surface area contributed by atoms with Crippen LogP contribution in [0.5, 0.6) is 0 Å². The van der Waals surface area contributed by atoms with Crippen molar-refractivity contribution in [3.05, 3.63) is 75.7 Å². The number of rotatable bonds is 4. The number of thioether (sulfide) groups is 1. The Kier molecular flexibility index (Phi) is 6.28. The van der Waals surface area contributed by atoms with Crippen molar-refractivity contribution in [2.24, 2.45) is 0 Å². The molecule has 156 valence electrons. The fourth-order valence-electron chi connectivity index (χ4n) is 4.35. The first-order chi connectivity index (χ1) is 14.5. The van der Waals surface area contributed by atoms with E-state index in [1.54, 1.807) is 23.9 Å². The summed E-state index contributed by atoms with van der Waals surface area (Å²) in [5.41, 5.74) is 3.83. The van der Waals surface area contributed by atoms with Crippen LogP contribution in [0.2, 0.25) is 0 Å². The van der Waals surface area contributed by atoms with E-state index in [1.165, 1.54) is 31.1 Å². The van der Waals surface area contributed by atoms with E-state index in [0.717, 1.165) is 23.3 Å². The third-order valence-electron chi connectivity index (χ3n) is 5.88. The van der Waals surface area contributed by atoms with Crippen LogP contribution in [0.25, 0.3) is 6.08 Å². The minimum Gasteiger partial charge on any atom is -0.465 e. The monoisotopic (exact) mass is 421 g/mol. The van der Waals surface area contributed by atoms with Gasteiger partial charge in [-0.2, -0.15) is 0 Å². The van der Waals surface area contributed by atoms with Gasteiger partial charge >= 0.3 is 5.97 Å². The third-order valence-corrected chi connectivity index (χ3v) is 7.28. The summed E-state index contributed by atoms with van der Waals surface area (Å²) in [5, 5.41) is 0.446. The molecule has 0 spiro atoms. The van der Waals surface area contributed by atoms with Gasteiger partial charge in [0, 0.05) is 17.8 Å². The first-order valence-electron chi connectivity index (χ1n) is 10.5. The van der Waals surface area contributed by atoms with Gasteiger partial charge in [0.1, 0.15) is 0 Å². The molecule has 2 aromatic rings. The molecule has 1 saturated carbocycles. The fourth-order valence-corrected chi connectivity index (χ4v) is 5.83. The summed E-state index contributed by atoms with van der Waals surface area (Å²) in [6.45, 7) is 2.74. The van der Waals surface area contributed by atoms with E-state index in [2.05, 4.69) is 36.1 Å². The topological polar surface area (TPSA) is 46.6 Å². The van der Waals surface area contributed by atoms with Gasteiger partial charge in [-0.05, 0) is 49.1 Å². The van der Waals surface area contributed by atoms with Crippen molar-refractivity contribution in [3.8, 4) is 0 Å². The minimum absolute atomic E-state index is 0.113. The Balaban J connectivity index is 1.61. The van der Waals surface area contributed by atoms with E-state index in [1.807, 2.05) is 18.2 Å². The Morgan fingerprint density at radius 2 is 1.93 bits per heavy atom.